The van der Waals surface area contributed by atoms with Gasteiger partial charge in [-0.1, -0.05) is 12.1 Å². The van der Waals surface area contributed by atoms with Crippen LogP contribution in [-0.4, -0.2) is 15.4 Å². The fourth-order valence-electron chi connectivity index (χ4n) is 1.03. The maximum atomic E-state index is 8.00. The van der Waals surface area contributed by atoms with Gasteiger partial charge in [0.15, 0.2) is 0 Å². The Hall–Kier alpha value is -2.72. The van der Waals surface area contributed by atoms with Crippen LogP contribution in [0.1, 0.15) is 0 Å². The quantitative estimate of drug-likeness (QED) is 0.395. The van der Waals surface area contributed by atoms with E-state index in [9.17, 15) is 0 Å². The van der Waals surface area contributed by atoms with Crippen LogP contribution in [-0.2, 0) is 19.5 Å². The molecule has 1 N–H and O–H groups in total. The zero-order valence-electron chi connectivity index (χ0n) is 10.7. The van der Waals surface area contributed by atoms with Crippen LogP contribution in [0.3, 0.4) is 0 Å². The Morgan fingerprint density at radius 2 is 1.09 bits per heavy atom. The summed E-state index contributed by atoms with van der Waals surface area (Å²) in [5.74, 6) is 0. The van der Waals surface area contributed by atoms with Crippen LogP contribution in [0.2, 0.25) is 0 Å². The predicted octanol–water partition coefficient (Wildman–Crippen LogP) is 2.02. The summed E-state index contributed by atoms with van der Waals surface area (Å²) in [6.07, 6.45) is 3.54. The van der Waals surface area contributed by atoms with Crippen molar-refractivity contribution < 1.29 is 25.0 Å². The van der Waals surface area contributed by atoms with Crippen molar-refractivity contribution in [3.63, 3.8) is 0 Å². The summed E-state index contributed by atoms with van der Waals surface area (Å²) in [4.78, 5) is 31.6. The average Bonchev–Trinajstić information content (AvgIpc) is 2.53. The van der Waals surface area contributed by atoms with Crippen LogP contribution in [0.15, 0.2) is 59.5 Å². The molecule has 12 heteroatoms. The van der Waals surface area contributed by atoms with Crippen molar-refractivity contribution in [3.8, 4) is 11.4 Å². The van der Waals surface area contributed by atoms with Gasteiger partial charge in [0.25, 0.3) is 0 Å². The molecule has 0 bridgehead atoms. The molecule has 0 aliphatic heterocycles. The van der Waals surface area contributed by atoms with Gasteiger partial charge in [-0.05, 0) is 24.3 Å². The fraction of sp³-hybridized carbons (Fsp3) is 0. The van der Waals surface area contributed by atoms with Crippen LogP contribution in [0, 0.1) is 25.1 Å². The van der Waals surface area contributed by atoms with Gasteiger partial charge in [0, 0.05) is 12.4 Å². The van der Waals surface area contributed by atoms with Crippen molar-refractivity contribution >= 4 is 0 Å². The van der Waals surface area contributed by atoms with E-state index in [4.69, 9.17) is 30.7 Å². The summed E-state index contributed by atoms with van der Waals surface area (Å²) in [7, 11) is 0. The third-order valence-corrected chi connectivity index (χ3v) is 1.59. The molecule has 2 heterocycles. The standard InChI is InChI=1S/C10H8N2.2HNO2.NO.H2O.Ru/c1-3-7-11-9(5-1)10-6-2-4-8-12-10;2*2-1-3;1-2;;/h1-8H;2*(H,2,3);;1H2;/q;;;;;+3/p-3. The van der Waals surface area contributed by atoms with E-state index < -0.39 is 0 Å². The molecule has 0 saturated heterocycles. The first-order valence-electron chi connectivity index (χ1n) is 4.70. The number of hydrogen-bond acceptors (Lipinski definition) is 10. The maximum absolute atomic E-state index is 8.00. The topological polar surface area (TPSA) is 200 Å². The number of hydrogen-bond donors (Lipinski definition) is 0. The molecule has 2 rings (SSSR count). The van der Waals surface area contributed by atoms with Gasteiger partial charge in [0.05, 0.1) is 11.4 Å². The van der Waals surface area contributed by atoms with Gasteiger partial charge in [-0.3, -0.25) is 9.97 Å². The average molecular weight is 396 g/mol. The number of rotatable bonds is 1. The monoisotopic (exact) mass is 397 g/mol. The minimum Gasteiger partial charge on any atom is -0.870 e. The van der Waals surface area contributed by atoms with E-state index >= 15 is 0 Å². The summed E-state index contributed by atoms with van der Waals surface area (Å²) >= 11 is 0. The second-order valence-electron chi connectivity index (χ2n) is 2.58. The smallest absolute Gasteiger partial charge is 0.870 e. The summed E-state index contributed by atoms with van der Waals surface area (Å²) in [6, 6.07) is 11.6. The molecule has 0 unspecified atom stereocenters. The summed E-state index contributed by atoms with van der Waals surface area (Å²) < 4.78 is 0. The van der Waals surface area contributed by atoms with Crippen molar-refractivity contribution in [3.05, 3.63) is 73.9 Å². The largest absolute Gasteiger partial charge is 3.00 e. The van der Waals surface area contributed by atoms with E-state index in [-0.39, 0.29) is 25.0 Å². The van der Waals surface area contributed by atoms with Gasteiger partial charge in [-0.15, -0.1) is 15.6 Å². The summed E-state index contributed by atoms with van der Waals surface area (Å²) in [6.45, 7) is 0. The molecular weight excluding hydrogens is 387 g/mol. The molecule has 0 fully saturated rings. The van der Waals surface area contributed by atoms with Crippen molar-refractivity contribution in [2.45, 2.75) is 0 Å². The Balaban J connectivity index is -0.000000140. The Morgan fingerprint density at radius 1 is 0.818 bits per heavy atom. The SMILES string of the molecule is O=N[O-].O=N[O-].[N]=O.[OH-].[Ru+3].c1ccc(-c2ccccn2)nc1. The van der Waals surface area contributed by atoms with E-state index in [2.05, 4.69) is 9.97 Å². The minimum absolute atomic E-state index is 0. The van der Waals surface area contributed by atoms with E-state index in [0.717, 1.165) is 22.1 Å². The molecule has 2 aromatic rings. The zero-order valence-corrected chi connectivity index (χ0v) is 12.4. The van der Waals surface area contributed by atoms with E-state index in [1.165, 1.54) is 0 Å². The molecule has 0 aliphatic rings. The number of nitroso groups, excluding NO2 is 1. The van der Waals surface area contributed by atoms with Crippen molar-refractivity contribution in [2.75, 3.05) is 0 Å². The molecule has 0 spiro atoms. The molecule has 2 aromatic heterocycles. The Labute approximate surface area is 137 Å². The molecule has 0 saturated carbocycles. The van der Waals surface area contributed by atoms with Crippen molar-refractivity contribution in [1.82, 2.24) is 15.6 Å². The van der Waals surface area contributed by atoms with Gasteiger partial charge in [0.1, 0.15) is 5.59 Å². The molecule has 118 valence electrons. The summed E-state index contributed by atoms with van der Waals surface area (Å²) in [5.41, 5.74) is 7.58. The van der Waals surface area contributed by atoms with E-state index in [1.807, 2.05) is 36.4 Å². The van der Waals surface area contributed by atoms with Crippen LogP contribution in [0.25, 0.3) is 11.4 Å². The molecule has 0 aliphatic carbocycles. The Kier molecular flexibility index (Phi) is 29.3. The van der Waals surface area contributed by atoms with Gasteiger partial charge in [-0.25, -0.2) is 0 Å². The third-order valence-electron chi connectivity index (χ3n) is 1.59. The predicted molar refractivity (Wildman–Crippen MR) is 73.2 cm³/mol. The van der Waals surface area contributed by atoms with Crippen LogP contribution in [0.5, 0.6) is 0 Å². The molecule has 2 radical (unpaired) electrons. The normalized spacial score (nSPS) is 6.55. The van der Waals surface area contributed by atoms with Gasteiger partial charge >= 0.3 is 19.5 Å². The van der Waals surface area contributed by atoms with Gasteiger partial charge < -0.3 is 25.7 Å². The Morgan fingerprint density at radius 3 is 1.27 bits per heavy atom. The van der Waals surface area contributed by atoms with Crippen molar-refractivity contribution in [2.24, 2.45) is 10.7 Å². The first-order valence-corrected chi connectivity index (χ1v) is 4.70. The third kappa shape index (κ3) is 15.3. The minimum atomic E-state index is 0. The van der Waals surface area contributed by atoms with Crippen LogP contribution >= 0.6 is 0 Å². The number of aromatic nitrogens is 2. The second-order valence-corrected chi connectivity index (χ2v) is 2.58. The molecule has 11 nitrogen and oxygen atoms in total. The van der Waals surface area contributed by atoms with E-state index in [0.29, 0.717) is 0 Å². The zero-order chi connectivity index (χ0) is 15.6. The summed E-state index contributed by atoms with van der Waals surface area (Å²) in [5, 5.41) is 18.0. The Bertz CT molecular complexity index is 420. The molecular formula is C10H9N5O6Ru. The number of nitrogens with zero attached hydrogens (tertiary/aromatic N) is 5. The molecule has 22 heavy (non-hydrogen) atoms. The second kappa shape index (κ2) is 23.4. The first-order chi connectivity index (χ1) is 9.79. The first kappa shape index (κ1) is 27.6. The van der Waals surface area contributed by atoms with Gasteiger partial charge in [-0.2, -0.15) is 0 Å². The fourth-order valence-corrected chi connectivity index (χ4v) is 1.03. The van der Waals surface area contributed by atoms with Crippen LogP contribution < -0.4 is 5.59 Å². The van der Waals surface area contributed by atoms with Crippen molar-refractivity contribution in [1.29, 1.82) is 0 Å². The maximum Gasteiger partial charge on any atom is 3.00 e. The molecule has 0 aromatic carbocycles. The molecule has 0 atom stereocenters. The molecule has 0 amide bonds. The van der Waals surface area contributed by atoms with Gasteiger partial charge in [0.2, 0.25) is 0 Å². The number of pyridine rings is 2. The van der Waals surface area contributed by atoms with E-state index in [1.54, 1.807) is 12.4 Å². The van der Waals surface area contributed by atoms with Crippen LogP contribution in [0.4, 0.5) is 0 Å².